The minimum absolute atomic E-state index is 0.180. The number of carbonyl (C=O) groups excluding carboxylic acids is 1. The lowest BCUT2D eigenvalue weighted by atomic mass is 10.1. The molecule has 2 aromatic carbocycles. The molecular weight excluding hydrogens is 350 g/mol. The van der Waals surface area contributed by atoms with E-state index >= 15 is 0 Å². The number of hydrogen-bond acceptors (Lipinski definition) is 2. The normalized spacial score (nSPS) is 10.9. The Morgan fingerprint density at radius 1 is 1.20 bits per heavy atom. The molecule has 3 rings (SSSR count). The summed E-state index contributed by atoms with van der Waals surface area (Å²) in [5, 5.41) is 2.88. The number of benzene rings is 2. The van der Waals surface area contributed by atoms with Gasteiger partial charge in [0.15, 0.2) is 0 Å². The van der Waals surface area contributed by atoms with Crippen molar-refractivity contribution in [3.8, 4) is 0 Å². The van der Waals surface area contributed by atoms with Crippen LogP contribution in [0.3, 0.4) is 0 Å². The molecule has 0 fully saturated rings. The van der Waals surface area contributed by atoms with Gasteiger partial charge in [0.1, 0.15) is 17.2 Å². The van der Waals surface area contributed by atoms with E-state index in [0.717, 1.165) is 18.2 Å². The third kappa shape index (κ3) is 3.25. The molecule has 0 unspecified atom stereocenters. The Labute approximate surface area is 146 Å². The summed E-state index contributed by atoms with van der Waals surface area (Å²) < 4.78 is 28.7. The molecule has 0 aliphatic carbocycles. The monoisotopic (exact) mass is 362 g/mol. The number of nitrogens with one attached hydrogen (secondary N) is 1. The second kappa shape index (κ2) is 6.64. The third-order valence-corrected chi connectivity index (χ3v) is 4.04. The van der Waals surface area contributed by atoms with Crippen LogP contribution in [0, 0.1) is 11.6 Å². The maximum absolute atomic E-state index is 13.7. The Morgan fingerprint density at radius 3 is 2.68 bits per heavy atom. The number of rotatable bonds is 3. The van der Waals surface area contributed by atoms with Gasteiger partial charge in [-0.25, -0.2) is 8.78 Å². The highest BCUT2D eigenvalue weighted by Crippen LogP contribution is 2.19. The number of aromatic nitrogens is 1. The van der Waals surface area contributed by atoms with Gasteiger partial charge in [0.05, 0.1) is 11.2 Å². The van der Waals surface area contributed by atoms with Crippen molar-refractivity contribution in [3.05, 3.63) is 75.0 Å². The minimum Gasteiger partial charge on any atom is -0.347 e. The highest BCUT2D eigenvalue weighted by atomic mass is 35.5. The summed E-state index contributed by atoms with van der Waals surface area (Å²) in [4.78, 5) is 25.1. The number of carbonyl (C=O) groups is 1. The standard InChI is InChI=1S/C18H13ClF2N2O2/c1-2-23-9-13(17(24)12-7-10(19)3-6-16(12)23)18(25)22-15-8-11(20)4-5-14(15)21/h3-9H,2H2,1H3,(H,22,25). The van der Waals surface area contributed by atoms with Gasteiger partial charge >= 0.3 is 0 Å². The van der Waals surface area contributed by atoms with E-state index in [1.165, 1.54) is 12.3 Å². The molecule has 4 nitrogen and oxygen atoms in total. The van der Waals surface area contributed by atoms with E-state index < -0.39 is 23.0 Å². The number of pyridine rings is 1. The van der Waals surface area contributed by atoms with Crippen molar-refractivity contribution in [2.75, 3.05) is 5.32 Å². The Kier molecular flexibility index (Phi) is 4.55. The number of hydrogen-bond donors (Lipinski definition) is 1. The van der Waals surface area contributed by atoms with E-state index in [1.807, 2.05) is 6.92 Å². The van der Waals surface area contributed by atoms with E-state index in [-0.39, 0.29) is 16.6 Å². The summed E-state index contributed by atoms with van der Waals surface area (Å²) in [7, 11) is 0. The van der Waals surface area contributed by atoms with Gasteiger partial charge in [-0.05, 0) is 37.3 Å². The lowest BCUT2D eigenvalue weighted by Gasteiger charge is -2.12. The van der Waals surface area contributed by atoms with Crippen LogP contribution in [-0.4, -0.2) is 10.5 Å². The molecule has 1 N–H and O–H groups in total. The molecule has 25 heavy (non-hydrogen) atoms. The van der Waals surface area contributed by atoms with Crippen LogP contribution in [0.4, 0.5) is 14.5 Å². The fourth-order valence-electron chi connectivity index (χ4n) is 2.58. The first-order chi connectivity index (χ1) is 11.9. The first kappa shape index (κ1) is 17.1. The van der Waals surface area contributed by atoms with Crippen molar-refractivity contribution in [2.45, 2.75) is 13.5 Å². The molecular formula is C18H13ClF2N2O2. The average molecular weight is 363 g/mol. The molecule has 1 heterocycles. The first-order valence-electron chi connectivity index (χ1n) is 7.50. The van der Waals surface area contributed by atoms with Crippen LogP contribution < -0.4 is 10.7 Å². The molecule has 0 radical (unpaired) electrons. The number of nitrogens with zero attached hydrogens (tertiary/aromatic N) is 1. The molecule has 3 aromatic rings. The smallest absolute Gasteiger partial charge is 0.261 e. The lowest BCUT2D eigenvalue weighted by Crippen LogP contribution is -2.24. The number of halogens is 3. The quantitative estimate of drug-likeness (QED) is 0.759. The molecule has 0 aliphatic rings. The molecule has 0 spiro atoms. The molecule has 0 saturated heterocycles. The summed E-state index contributed by atoms with van der Waals surface area (Å²) in [6.45, 7) is 2.36. The Morgan fingerprint density at radius 2 is 1.96 bits per heavy atom. The zero-order valence-corrected chi connectivity index (χ0v) is 13.9. The van der Waals surface area contributed by atoms with Crippen LogP contribution in [-0.2, 0) is 6.54 Å². The summed E-state index contributed by atoms with van der Waals surface area (Å²) in [5.74, 6) is -2.32. The third-order valence-electron chi connectivity index (χ3n) is 3.80. The Balaban J connectivity index is 2.11. The Bertz CT molecular complexity index is 1050. The molecule has 128 valence electrons. The average Bonchev–Trinajstić information content (AvgIpc) is 2.58. The summed E-state index contributed by atoms with van der Waals surface area (Å²) in [5.41, 5.74) is -0.416. The lowest BCUT2D eigenvalue weighted by molar-refractivity contribution is 0.102. The van der Waals surface area contributed by atoms with Crippen LogP contribution in [0.15, 0.2) is 47.4 Å². The van der Waals surface area contributed by atoms with E-state index in [9.17, 15) is 18.4 Å². The number of amides is 1. The largest absolute Gasteiger partial charge is 0.347 e. The zero-order valence-electron chi connectivity index (χ0n) is 13.1. The van der Waals surface area contributed by atoms with Crippen molar-refractivity contribution in [2.24, 2.45) is 0 Å². The molecule has 1 amide bonds. The van der Waals surface area contributed by atoms with Gasteiger partial charge in [0.2, 0.25) is 5.43 Å². The van der Waals surface area contributed by atoms with Gasteiger partial charge in [-0.2, -0.15) is 0 Å². The number of fused-ring (bicyclic) bond motifs is 1. The van der Waals surface area contributed by atoms with Crippen LogP contribution in [0.2, 0.25) is 5.02 Å². The van der Waals surface area contributed by atoms with Crippen LogP contribution >= 0.6 is 11.6 Å². The van der Waals surface area contributed by atoms with Crippen molar-refractivity contribution in [1.29, 1.82) is 0 Å². The van der Waals surface area contributed by atoms with Gasteiger partial charge in [0, 0.05) is 29.2 Å². The van der Waals surface area contributed by atoms with Gasteiger partial charge in [-0.1, -0.05) is 11.6 Å². The predicted molar refractivity (Wildman–Crippen MR) is 93.2 cm³/mol. The van der Waals surface area contributed by atoms with Gasteiger partial charge in [-0.3, -0.25) is 9.59 Å². The Hall–Kier alpha value is -2.73. The van der Waals surface area contributed by atoms with E-state index in [4.69, 9.17) is 11.6 Å². The summed E-state index contributed by atoms with van der Waals surface area (Å²) >= 11 is 5.95. The van der Waals surface area contributed by atoms with E-state index in [2.05, 4.69) is 5.32 Å². The van der Waals surface area contributed by atoms with Crippen molar-refractivity contribution >= 4 is 34.1 Å². The molecule has 7 heteroatoms. The predicted octanol–water partition coefficient (Wildman–Crippen LogP) is 4.21. The maximum atomic E-state index is 13.7. The molecule has 0 saturated carbocycles. The second-order valence-electron chi connectivity index (χ2n) is 5.40. The second-order valence-corrected chi connectivity index (χ2v) is 5.83. The molecule has 0 bridgehead atoms. The highest BCUT2D eigenvalue weighted by molar-refractivity contribution is 6.31. The van der Waals surface area contributed by atoms with E-state index in [1.54, 1.807) is 16.7 Å². The molecule has 1 aromatic heterocycles. The van der Waals surface area contributed by atoms with Crippen LogP contribution in [0.25, 0.3) is 10.9 Å². The van der Waals surface area contributed by atoms with Gasteiger partial charge in [-0.15, -0.1) is 0 Å². The first-order valence-corrected chi connectivity index (χ1v) is 7.87. The highest BCUT2D eigenvalue weighted by Gasteiger charge is 2.17. The van der Waals surface area contributed by atoms with Crippen molar-refractivity contribution < 1.29 is 13.6 Å². The van der Waals surface area contributed by atoms with Crippen LogP contribution in [0.1, 0.15) is 17.3 Å². The fraction of sp³-hybridized carbons (Fsp3) is 0.111. The maximum Gasteiger partial charge on any atom is 0.261 e. The topological polar surface area (TPSA) is 51.1 Å². The van der Waals surface area contributed by atoms with Crippen LogP contribution in [0.5, 0.6) is 0 Å². The fourth-order valence-corrected chi connectivity index (χ4v) is 2.75. The summed E-state index contributed by atoms with van der Waals surface area (Å²) in [6, 6.07) is 7.50. The zero-order chi connectivity index (χ0) is 18.1. The number of anilines is 1. The minimum atomic E-state index is -0.821. The summed E-state index contributed by atoms with van der Waals surface area (Å²) in [6.07, 6.45) is 1.39. The van der Waals surface area contributed by atoms with Crippen molar-refractivity contribution in [1.82, 2.24) is 4.57 Å². The number of aryl methyl sites for hydroxylation is 1. The molecule has 0 atom stereocenters. The molecule has 0 aliphatic heterocycles. The SMILES string of the molecule is CCn1cc(C(=O)Nc2cc(F)ccc2F)c(=O)c2cc(Cl)ccc21. The van der Waals surface area contributed by atoms with Gasteiger partial charge in [0.25, 0.3) is 5.91 Å². The van der Waals surface area contributed by atoms with Gasteiger partial charge < -0.3 is 9.88 Å². The van der Waals surface area contributed by atoms with E-state index in [0.29, 0.717) is 17.1 Å². The van der Waals surface area contributed by atoms with Crippen molar-refractivity contribution in [3.63, 3.8) is 0 Å².